The summed E-state index contributed by atoms with van der Waals surface area (Å²) in [4.78, 5) is 14.3. The molecule has 44 heavy (non-hydrogen) atoms. The first kappa shape index (κ1) is 33.9. The van der Waals surface area contributed by atoms with E-state index < -0.39 is 36.9 Å². The summed E-state index contributed by atoms with van der Waals surface area (Å²) in [6, 6.07) is 9.34. The number of piperidine rings is 1. The highest BCUT2D eigenvalue weighted by Gasteiger charge is 2.39. The van der Waals surface area contributed by atoms with Crippen molar-refractivity contribution in [1.29, 1.82) is 0 Å². The predicted molar refractivity (Wildman–Crippen MR) is 164 cm³/mol. The maximum Gasteiger partial charge on any atom is 0.416 e. The minimum atomic E-state index is -4.54. The SMILES string of the molecule is CC(C)(C)OC(=O)N1CCC(COCc2cc(C(F)(F)F)cc3cnn(COCC[Si](C)(C)C)c23)(c2ccc(F)cc2)CC1. The van der Waals surface area contributed by atoms with Gasteiger partial charge < -0.3 is 19.1 Å². The van der Waals surface area contributed by atoms with E-state index in [4.69, 9.17) is 14.2 Å². The molecule has 4 rings (SSSR count). The van der Waals surface area contributed by atoms with Crippen LogP contribution in [0, 0.1) is 5.82 Å². The van der Waals surface area contributed by atoms with E-state index in [1.807, 2.05) is 20.8 Å². The van der Waals surface area contributed by atoms with Crippen molar-refractivity contribution in [2.24, 2.45) is 0 Å². The zero-order valence-corrected chi connectivity index (χ0v) is 27.4. The van der Waals surface area contributed by atoms with Gasteiger partial charge in [0.05, 0.1) is 30.5 Å². The lowest BCUT2D eigenvalue weighted by Crippen LogP contribution is -2.48. The van der Waals surface area contributed by atoms with Crippen LogP contribution in [0.5, 0.6) is 0 Å². The van der Waals surface area contributed by atoms with Crippen LogP contribution in [0.15, 0.2) is 42.6 Å². The van der Waals surface area contributed by atoms with E-state index in [-0.39, 0.29) is 25.8 Å². The summed E-state index contributed by atoms with van der Waals surface area (Å²) in [6.45, 7) is 13.7. The molecule has 0 radical (unpaired) electrons. The number of carbonyl (C=O) groups is 1. The number of halogens is 4. The smallest absolute Gasteiger partial charge is 0.416 e. The number of ether oxygens (including phenoxy) is 3. The third kappa shape index (κ3) is 8.82. The molecule has 7 nitrogen and oxygen atoms in total. The van der Waals surface area contributed by atoms with Gasteiger partial charge >= 0.3 is 12.3 Å². The molecule has 0 atom stereocenters. The Bertz CT molecular complexity index is 1420. The number of benzene rings is 2. The van der Waals surface area contributed by atoms with Gasteiger partial charge in [-0.05, 0) is 69.5 Å². The Morgan fingerprint density at radius 1 is 1.02 bits per heavy atom. The summed E-state index contributed by atoms with van der Waals surface area (Å²) in [5.74, 6) is -0.373. The molecule has 1 aromatic heterocycles. The molecular weight excluding hydrogens is 594 g/mol. The molecule has 0 unspecified atom stereocenters. The molecule has 2 heterocycles. The fourth-order valence-corrected chi connectivity index (χ4v) is 6.10. The van der Waals surface area contributed by atoms with Gasteiger partial charge in [0.2, 0.25) is 0 Å². The number of likely N-dealkylation sites (tertiary alicyclic amines) is 1. The molecule has 0 spiro atoms. The number of alkyl halides is 3. The van der Waals surface area contributed by atoms with Crippen molar-refractivity contribution in [3.8, 4) is 0 Å². The standard InChI is InChI=1S/C32H43F4N3O4Si/c1-30(2,3)43-29(40)38-13-11-31(12-14-38,25-7-9-27(33)10-8-25)21-42-20-24-18-26(32(34,35)36)17-23-19-37-39(28(23)24)22-41-15-16-44(4,5)6/h7-10,17-19H,11-16,20-22H2,1-6H3. The van der Waals surface area contributed by atoms with Crippen LogP contribution in [-0.2, 0) is 39.1 Å². The van der Waals surface area contributed by atoms with Crippen LogP contribution in [0.3, 0.4) is 0 Å². The normalized spacial score (nSPS) is 16.0. The highest BCUT2D eigenvalue weighted by atomic mass is 28.3. The quantitative estimate of drug-likeness (QED) is 0.128. The highest BCUT2D eigenvalue weighted by molar-refractivity contribution is 6.76. The van der Waals surface area contributed by atoms with Gasteiger partial charge in [-0.1, -0.05) is 31.8 Å². The number of rotatable bonds is 10. The summed E-state index contributed by atoms with van der Waals surface area (Å²) in [7, 11) is -1.32. The number of carbonyl (C=O) groups excluding carboxylic acids is 1. The molecule has 0 saturated carbocycles. The van der Waals surface area contributed by atoms with Gasteiger partial charge in [0.25, 0.3) is 0 Å². The first-order chi connectivity index (χ1) is 20.5. The van der Waals surface area contributed by atoms with Gasteiger partial charge in [0, 0.05) is 44.1 Å². The zero-order valence-electron chi connectivity index (χ0n) is 26.4. The fraction of sp³-hybridized carbons (Fsp3) is 0.562. The number of hydrogen-bond donors (Lipinski definition) is 0. The molecule has 1 fully saturated rings. The van der Waals surface area contributed by atoms with E-state index in [2.05, 4.69) is 24.7 Å². The van der Waals surface area contributed by atoms with E-state index in [0.29, 0.717) is 49.0 Å². The molecule has 0 N–H and O–H groups in total. The molecule has 0 bridgehead atoms. The summed E-state index contributed by atoms with van der Waals surface area (Å²) in [5.41, 5.74) is -0.260. The van der Waals surface area contributed by atoms with Crippen molar-refractivity contribution in [3.63, 3.8) is 0 Å². The monoisotopic (exact) mass is 637 g/mol. The van der Waals surface area contributed by atoms with Crippen LogP contribution in [0.4, 0.5) is 22.4 Å². The summed E-state index contributed by atoms with van der Waals surface area (Å²) >= 11 is 0. The molecule has 3 aromatic rings. The van der Waals surface area contributed by atoms with E-state index in [9.17, 15) is 22.4 Å². The Morgan fingerprint density at radius 3 is 2.27 bits per heavy atom. The lowest BCUT2D eigenvalue weighted by Gasteiger charge is -2.42. The molecule has 2 aromatic carbocycles. The average Bonchev–Trinajstić information content (AvgIpc) is 3.33. The van der Waals surface area contributed by atoms with E-state index in [1.54, 1.807) is 21.7 Å². The predicted octanol–water partition coefficient (Wildman–Crippen LogP) is 7.99. The van der Waals surface area contributed by atoms with Crippen molar-refractivity contribution in [3.05, 3.63) is 65.1 Å². The second kappa shape index (κ2) is 13.2. The van der Waals surface area contributed by atoms with Crippen LogP contribution < -0.4 is 0 Å². The Labute approximate surface area is 257 Å². The van der Waals surface area contributed by atoms with Crippen LogP contribution in [0.1, 0.15) is 50.3 Å². The molecule has 1 aliphatic rings. The lowest BCUT2D eigenvalue weighted by molar-refractivity contribution is -0.137. The van der Waals surface area contributed by atoms with Gasteiger partial charge in [-0.3, -0.25) is 0 Å². The van der Waals surface area contributed by atoms with Gasteiger partial charge in [-0.15, -0.1) is 0 Å². The maximum absolute atomic E-state index is 13.8. The fourth-order valence-electron chi connectivity index (χ4n) is 5.34. The topological polar surface area (TPSA) is 65.8 Å². The second-order valence-electron chi connectivity index (χ2n) is 13.8. The number of hydrogen-bond acceptors (Lipinski definition) is 5. The first-order valence-electron chi connectivity index (χ1n) is 14.9. The summed E-state index contributed by atoms with van der Waals surface area (Å²) in [5, 5.41) is 4.68. The van der Waals surface area contributed by atoms with E-state index >= 15 is 0 Å². The van der Waals surface area contributed by atoms with Crippen molar-refractivity contribution in [2.45, 2.75) is 89.8 Å². The minimum Gasteiger partial charge on any atom is -0.444 e. The Morgan fingerprint density at radius 2 is 1.68 bits per heavy atom. The average molecular weight is 638 g/mol. The van der Waals surface area contributed by atoms with Crippen molar-refractivity contribution in [2.75, 3.05) is 26.3 Å². The van der Waals surface area contributed by atoms with Gasteiger partial charge in [-0.2, -0.15) is 18.3 Å². The second-order valence-corrected chi connectivity index (χ2v) is 19.4. The molecule has 1 amide bonds. The van der Waals surface area contributed by atoms with E-state index in [0.717, 1.165) is 23.7 Å². The number of fused-ring (bicyclic) bond motifs is 1. The molecule has 1 aliphatic heterocycles. The van der Waals surface area contributed by atoms with E-state index in [1.165, 1.54) is 18.3 Å². The largest absolute Gasteiger partial charge is 0.444 e. The molecule has 1 saturated heterocycles. The summed E-state index contributed by atoms with van der Waals surface area (Å²) in [6.07, 6.45) is -2.50. The third-order valence-corrected chi connectivity index (χ3v) is 9.52. The molecule has 242 valence electrons. The van der Waals surface area contributed by atoms with Gasteiger partial charge in [0.1, 0.15) is 18.1 Å². The maximum atomic E-state index is 13.8. The van der Waals surface area contributed by atoms with Crippen molar-refractivity contribution < 1.29 is 36.6 Å². The minimum absolute atomic E-state index is 0.0975. The van der Waals surface area contributed by atoms with Crippen LogP contribution >= 0.6 is 0 Å². The van der Waals surface area contributed by atoms with Crippen molar-refractivity contribution >= 4 is 25.1 Å². The van der Waals surface area contributed by atoms with Crippen molar-refractivity contribution in [1.82, 2.24) is 14.7 Å². The first-order valence-corrected chi connectivity index (χ1v) is 18.6. The van der Waals surface area contributed by atoms with Crippen LogP contribution in [0.2, 0.25) is 25.7 Å². The van der Waals surface area contributed by atoms with Crippen LogP contribution in [-0.4, -0.2) is 60.8 Å². The third-order valence-electron chi connectivity index (χ3n) is 7.81. The zero-order chi connectivity index (χ0) is 32.3. The Kier molecular flexibility index (Phi) is 10.2. The Hall–Kier alpha value is -2.96. The number of nitrogens with zero attached hydrogens (tertiary/aromatic N) is 3. The number of amides is 1. The summed E-state index contributed by atoms with van der Waals surface area (Å²) < 4.78 is 74.5. The molecule has 12 heteroatoms. The lowest BCUT2D eigenvalue weighted by atomic mass is 9.73. The molecule has 0 aliphatic carbocycles. The number of aromatic nitrogens is 2. The Balaban J connectivity index is 1.55. The van der Waals surface area contributed by atoms with Gasteiger partial charge in [-0.25, -0.2) is 13.9 Å². The highest BCUT2D eigenvalue weighted by Crippen LogP contribution is 2.38. The van der Waals surface area contributed by atoms with Gasteiger partial charge in [0.15, 0.2) is 0 Å². The molecular formula is C32H43F4N3O4Si. The van der Waals surface area contributed by atoms with Crippen LogP contribution in [0.25, 0.3) is 10.9 Å².